The third-order valence-corrected chi connectivity index (χ3v) is 5.21. The minimum atomic E-state index is -0.950. The number of rotatable bonds is 7. The third kappa shape index (κ3) is 4.95. The van der Waals surface area contributed by atoms with E-state index in [4.69, 9.17) is 5.11 Å². The normalized spacial score (nSPS) is 17.7. The molecule has 2 N–H and O–H groups in total. The maximum Gasteiger partial charge on any atom is 0.335 e. The summed E-state index contributed by atoms with van der Waals surface area (Å²) in [4.78, 5) is 25.5. The maximum atomic E-state index is 12.7. The van der Waals surface area contributed by atoms with Crippen molar-refractivity contribution in [3.63, 3.8) is 0 Å². The van der Waals surface area contributed by atoms with Crippen LogP contribution in [0.15, 0.2) is 54.6 Å². The summed E-state index contributed by atoms with van der Waals surface area (Å²) >= 11 is 0. The Balaban J connectivity index is 1.54. The number of likely N-dealkylation sites (tertiary alicyclic amines) is 1. The summed E-state index contributed by atoms with van der Waals surface area (Å²) in [5, 5.41) is 19.4. The highest BCUT2D eigenvalue weighted by Crippen LogP contribution is 2.28. The van der Waals surface area contributed by atoms with Gasteiger partial charge in [-0.15, -0.1) is 0 Å². The number of aromatic carboxylic acids is 1. The first kappa shape index (κ1) is 19.1. The number of aliphatic hydroxyl groups excluding tert-OH is 1. The number of carbonyl (C=O) groups is 2. The second kappa shape index (κ2) is 8.82. The fraction of sp³-hybridized carbons (Fsp3) is 0.364. The molecule has 1 aliphatic rings. The Bertz CT molecular complexity index is 773. The predicted molar refractivity (Wildman–Crippen MR) is 102 cm³/mol. The molecule has 0 saturated carbocycles. The van der Waals surface area contributed by atoms with Crippen LogP contribution in [0.25, 0.3) is 0 Å². The summed E-state index contributed by atoms with van der Waals surface area (Å²) in [5.74, 6) is -0.852. The molecule has 0 aromatic heterocycles. The number of benzene rings is 2. The van der Waals surface area contributed by atoms with E-state index < -0.39 is 12.1 Å². The first-order valence-electron chi connectivity index (χ1n) is 9.39. The van der Waals surface area contributed by atoms with Crippen LogP contribution in [0, 0.1) is 0 Å². The zero-order valence-corrected chi connectivity index (χ0v) is 15.3. The number of carboxylic acids is 1. The Hall–Kier alpha value is -2.66. The van der Waals surface area contributed by atoms with E-state index in [9.17, 15) is 14.7 Å². The van der Waals surface area contributed by atoms with Crippen LogP contribution in [0.1, 0.15) is 53.3 Å². The molecule has 1 saturated heterocycles. The van der Waals surface area contributed by atoms with Crippen LogP contribution in [0.4, 0.5) is 0 Å². The minimum Gasteiger partial charge on any atom is -0.478 e. The van der Waals surface area contributed by atoms with Gasteiger partial charge in [0.1, 0.15) is 0 Å². The van der Waals surface area contributed by atoms with E-state index in [1.807, 2.05) is 35.2 Å². The van der Waals surface area contributed by atoms with Gasteiger partial charge >= 0.3 is 5.97 Å². The highest BCUT2D eigenvalue weighted by molar-refractivity contribution is 5.87. The molecular formula is C22H25NO4. The molecule has 3 rings (SSSR count). The summed E-state index contributed by atoms with van der Waals surface area (Å²) in [6.07, 6.45) is 2.86. The van der Waals surface area contributed by atoms with Crippen LogP contribution in [0.2, 0.25) is 0 Å². The lowest BCUT2D eigenvalue weighted by atomic mass is 10.00. The highest BCUT2D eigenvalue weighted by Gasteiger charge is 2.30. The quantitative estimate of drug-likeness (QED) is 0.786. The van der Waals surface area contributed by atoms with Gasteiger partial charge in [0.05, 0.1) is 11.7 Å². The van der Waals surface area contributed by atoms with Gasteiger partial charge in [0.15, 0.2) is 0 Å². The Kier molecular flexibility index (Phi) is 6.24. The van der Waals surface area contributed by atoms with Gasteiger partial charge in [-0.05, 0) is 48.9 Å². The van der Waals surface area contributed by atoms with Crippen LogP contribution in [-0.4, -0.2) is 39.6 Å². The van der Waals surface area contributed by atoms with Gasteiger partial charge in [-0.2, -0.15) is 0 Å². The monoisotopic (exact) mass is 367 g/mol. The van der Waals surface area contributed by atoms with Crippen molar-refractivity contribution in [2.75, 3.05) is 6.54 Å². The second-order valence-electron chi connectivity index (χ2n) is 7.05. The van der Waals surface area contributed by atoms with E-state index in [0.29, 0.717) is 19.3 Å². The van der Waals surface area contributed by atoms with Gasteiger partial charge in [0.2, 0.25) is 5.91 Å². The molecule has 0 aliphatic carbocycles. The van der Waals surface area contributed by atoms with Crippen LogP contribution in [-0.2, 0) is 11.2 Å². The largest absolute Gasteiger partial charge is 0.478 e. The zero-order valence-electron chi connectivity index (χ0n) is 15.3. The van der Waals surface area contributed by atoms with Crippen LogP contribution in [0.5, 0.6) is 0 Å². The molecular weight excluding hydrogens is 342 g/mol. The van der Waals surface area contributed by atoms with Crippen molar-refractivity contribution in [2.24, 2.45) is 0 Å². The van der Waals surface area contributed by atoms with E-state index in [1.54, 1.807) is 24.3 Å². The topological polar surface area (TPSA) is 77.8 Å². The van der Waals surface area contributed by atoms with Crippen molar-refractivity contribution in [1.29, 1.82) is 0 Å². The van der Waals surface area contributed by atoms with E-state index in [-0.39, 0.29) is 17.5 Å². The van der Waals surface area contributed by atoms with Gasteiger partial charge in [-0.25, -0.2) is 4.79 Å². The van der Waals surface area contributed by atoms with Gasteiger partial charge in [-0.1, -0.05) is 42.5 Å². The number of nitrogens with zero attached hydrogens (tertiary/aromatic N) is 1. The number of hydrogen-bond donors (Lipinski definition) is 2. The van der Waals surface area contributed by atoms with E-state index in [1.165, 1.54) is 0 Å². The molecule has 1 fully saturated rings. The molecule has 5 heteroatoms. The van der Waals surface area contributed by atoms with Crippen LogP contribution in [0.3, 0.4) is 0 Å². The molecule has 0 unspecified atom stereocenters. The van der Waals surface area contributed by atoms with Gasteiger partial charge in [0.25, 0.3) is 0 Å². The fourth-order valence-electron chi connectivity index (χ4n) is 3.69. The van der Waals surface area contributed by atoms with Gasteiger partial charge < -0.3 is 15.1 Å². The Morgan fingerprint density at radius 2 is 1.78 bits per heavy atom. The first-order chi connectivity index (χ1) is 13.0. The lowest BCUT2D eigenvalue weighted by Gasteiger charge is -2.27. The molecule has 0 bridgehead atoms. The molecule has 5 nitrogen and oxygen atoms in total. The maximum absolute atomic E-state index is 12.7. The number of carbonyl (C=O) groups excluding carboxylic acids is 1. The van der Waals surface area contributed by atoms with Crippen molar-refractivity contribution in [2.45, 2.75) is 44.2 Å². The zero-order chi connectivity index (χ0) is 19.2. The van der Waals surface area contributed by atoms with Crippen molar-refractivity contribution in [3.05, 3.63) is 71.3 Å². The Labute approximate surface area is 159 Å². The van der Waals surface area contributed by atoms with Gasteiger partial charge in [-0.3, -0.25) is 4.79 Å². The number of carboxylic acid groups (broad SMARTS) is 1. The summed E-state index contributed by atoms with van der Waals surface area (Å²) < 4.78 is 0. The molecule has 2 aromatic rings. The van der Waals surface area contributed by atoms with E-state index in [2.05, 4.69) is 0 Å². The molecule has 0 radical (unpaired) electrons. The lowest BCUT2D eigenvalue weighted by molar-refractivity contribution is -0.132. The SMILES string of the molecule is O=C(O)c1ccc(CCC(=O)N2CCC[C@@H]2C[C@H](O)c2ccccc2)cc1. The van der Waals surface area contributed by atoms with Crippen LogP contribution >= 0.6 is 0 Å². The Morgan fingerprint density at radius 3 is 2.44 bits per heavy atom. The van der Waals surface area contributed by atoms with Crippen molar-refractivity contribution in [3.8, 4) is 0 Å². The second-order valence-corrected chi connectivity index (χ2v) is 7.05. The minimum absolute atomic E-state index is 0.0714. The smallest absolute Gasteiger partial charge is 0.335 e. The van der Waals surface area contributed by atoms with E-state index >= 15 is 0 Å². The van der Waals surface area contributed by atoms with Gasteiger partial charge in [0, 0.05) is 19.0 Å². The molecule has 1 heterocycles. The highest BCUT2D eigenvalue weighted by atomic mass is 16.4. The summed E-state index contributed by atoms with van der Waals surface area (Å²) in [6, 6.07) is 16.3. The molecule has 1 aliphatic heterocycles. The van der Waals surface area contributed by atoms with Crippen molar-refractivity contribution in [1.82, 2.24) is 4.90 Å². The average Bonchev–Trinajstić information content (AvgIpc) is 3.15. The predicted octanol–water partition coefficient (Wildman–Crippen LogP) is 3.43. The Morgan fingerprint density at radius 1 is 1.07 bits per heavy atom. The molecule has 2 atom stereocenters. The van der Waals surface area contributed by atoms with Crippen molar-refractivity contribution >= 4 is 11.9 Å². The standard InChI is InChI=1S/C22H25NO4/c24-20(17-5-2-1-3-6-17)15-19-7-4-14-23(19)21(25)13-10-16-8-11-18(12-9-16)22(26)27/h1-3,5-6,8-9,11-12,19-20,24H,4,7,10,13-15H2,(H,26,27)/t19-,20+/m1/s1. The molecule has 142 valence electrons. The third-order valence-electron chi connectivity index (χ3n) is 5.21. The number of aliphatic hydroxyl groups is 1. The average molecular weight is 367 g/mol. The van der Waals surface area contributed by atoms with Crippen LogP contribution < -0.4 is 0 Å². The lowest BCUT2D eigenvalue weighted by Crippen LogP contribution is -2.36. The number of amides is 1. The summed E-state index contributed by atoms with van der Waals surface area (Å²) in [6.45, 7) is 0.739. The number of hydrogen-bond acceptors (Lipinski definition) is 3. The molecule has 0 spiro atoms. The summed E-state index contributed by atoms with van der Waals surface area (Å²) in [7, 11) is 0. The fourth-order valence-corrected chi connectivity index (χ4v) is 3.69. The molecule has 27 heavy (non-hydrogen) atoms. The number of aryl methyl sites for hydroxylation is 1. The molecule has 1 amide bonds. The summed E-state index contributed by atoms with van der Waals surface area (Å²) in [5.41, 5.74) is 2.09. The first-order valence-corrected chi connectivity index (χ1v) is 9.39. The van der Waals surface area contributed by atoms with Crippen molar-refractivity contribution < 1.29 is 19.8 Å². The molecule has 2 aromatic carbocycles. The van der Waals surface area contributed by atoms with E-state index in [0.717, 1.165) is 30.5 Å².